The van der Waals surface area contributed by atoms with Crippen LogP contribution in [0.1, 0.15) is 26.7 Å². The van der Waals surface area contributed by atoms with E-state index in [1.807, 2.05) is 0 Å². The monoisotopic (exact) mass is 340 g/mol. The number of ether oxygens (including phenoxy) is 1. The Balaban J connectivity index is 1.96. The molecule has 0 radical (unpaired) electrons. The van der Waals surface area contributed by atoms with Crippen LogP contribution in [0.3, 0.4) is 0 Å². The predicted octanol–water partition coefficient (Wildman–Crippen LogP) is -1.49. The maximum atomic E-state index is 12.1. The molecular formula is C17H24O7. The van der Waals surface area contributed by atoms with Crippen LogP contribution in [0.5, 0.6) is 0 Å². The van der Waals surface area contributed by atoms with E-state index in [4.69, 9.17) is 4.74 Å². The number of fused-ring (bicyclic) bond motifs is 4. The molecule has 2 bridgehead atoms. The first-order chi connectivity index (χ1) is 11.1. The van der Waals surface area contributed by atoms with Crippen LogP contribution in [0.2, 0.25) is 0 Å². The minimum Gasteiger partial charge on any atom is -0.393 e. The molecule has 2 aliphatic carbocycles. The lowest BCUT2D eigenvalue weighted by molar-refractivity contribution is -0.279. The van der Waals surface area contributed by atoms with Crippen LogP contribution >= 0.6 is 0 Å². The van der Waals surface area contributed by atoms with Crippen molar-refractivity contribution < 1.29 is 35.1 Å². The van der Waals surface area contributed by atoms with E-state index in [1.165, 1.54) is 0 Å². The largest absolute Gasteiger partial charge is 0.393 e. The van der Waals surface area contributed by atoms with Crippen LogP contribution in [0, 0.1) is 17.8 Å². The third-order valence-electron chi connectivity index (χ3n) is 6.98. The van der Waals surface area contributed by atoms with Crippen LogP contribution in [0.15, 0.2) is 11.6 Å². The van der Waals surface area contributed by atoms with E-state index in [0.29, 0.717) is 5.57 Å². The number of hydrogen-bond acceptors (Lipinski definition) is 7. The van der Waals surface area contributed by atoms with Gasteiger partial charge in [0.05, 0.1) is 18.3 Å². The molecule has 4 rings (SSSR count). The van der Waals surface area contributed by atoms with Crippen LogP contribution in [0.4, 0.5) is 0 Å². The van der Waals surface area contributed by atoms with E-state index < -0.39 is 59.5 Å². The number of hydrogen-bond donors (Lipinski definition) is 5. The molecule has 134 valence electrons. The summed E-state index contributed by atoms with van der Waals surface area (Å²) in [7, 11) is 0. The highest BCUT2D eigenvalue weighted by atomic mass is 16.6. The minimum absolute atomic E-state index is 0.0100. The van der Waals surface area contributed by atoms with Gasteiger partial charge in [0.2, 0.25) is 0 Å². The van der Waals surface area contributed by atoms with Crippen molar-refractivity contribution in [2.45, 2.75) is 61.8 Å². The predicted molar refractivity (Wildman–Crippen MR) is 80.7 cm³/mol. The maximum Gasteiger partial charge on any atom is 0.143 e. The SMILES string of the molecule is CC1=CC2C3(O)C(C)CC(=O)CC3C3OC2(C1O)C(O)C3(O)CO. The Bertz CT molecular complexity index is 632. The van der Waals surface area contributed by atoms with Gasteiger partial charge in [-0.05, 0) is 18.4 Å². The molecule has 2 aliphatic heterocycles. The molecule has 0 aromatic carbocycles. The van der Waals surface area contributed by atoms with Gasteiger partial charge in [-0.15, -0.1) is 0 Å². The first-order valence-electron chi connectivity index (χ1n) is 8.43. The first kappa shape index (κ1) is 16.6. The Morgan fingerprint density at radius 2 is 1.96 bits per heavy atom. The smallest absolute Gasteiger partial charge is 0.143 e. The zero-order valence-corrected chi connectivity index (χ0v) is 13.7. The summed E-state index contributed by atoms with van der Waals surface area (Å²) in [5.41, 5.74) is -4.51. The summed E-state index contributed by atoms with van der Waals surface area (Å²) in [5, 5.41) is 53.8. The van der Waals surface area contributed by atoms with Gasteiger partial charge in [-0.2, -0.15) is 0 Å². The summed E-state index contributed by atoms with van der Waals surface area (Å²) in [4.78, 5) is 12.1. The molecule has 3 fully saturated rings. The van der Waals surface area contributed by atoms with E-state index in [2.05, 4.69) is 0 Å². The van der Waals surface area contributed by atoms with Crippen molar-refractivity contribution in [3.8, 4) is 0 Å². The number of carbonyl (C=O) groups excluding carboxylic acids is 1. The van der Waals surface area contributed by atoms with Gasteiger partial charge in [0.1, 0.15) is 29.2 Å². The zero-order chi connectivity index (χ0) is 17.7. The highest BCUT2D eigenvalue weighted by Crippen LogP contribution is 2.64. The van der Waals surface area contributed by atoms with Crippen molar-refractivity contribution in [1.82, 2.24) is 0 Å². The number of ketones is 1. The average molecular weight is 340 g/mol. The number of aliphatic hydroxyl groups is 5. The topological polar surface area (TPSA) is 127 Å². The molecule has 7 heteroatoms. The molecule has 1 spiro atoms. The second kappa shape index (κ2) is 4.66. The Morgan fingerprint density at radius 3 is 2.58 bits per heavy atom. The van der Waals surface area contributed by atoms with E-state index >= 15 is 0 Å². The molecule has 4 aliphatic rings. The van der Waals surface area contributed by atoms with Gasteiger partial charge in [-0.25, -0.2) is 0 Å². The van der Waals surface area contributed by atoms with Gasteiger partial charge in [-0.3, -0.25) is 4.79 Å². The van der Waals surface area contributed by atoms with Crippen molar-refractivity contribution in [3.63, 3.8) is 0 Å². The lowest BCUT2D eigenvalue weighted by atomic mass is 9.57. The van der Waals surface area contributed by atoms with Gasteiger partial charge in [-0.1, -0.05) is 13.0 Å². The quantitative estimate of drug-likeness (QED) is 0.368. The van der Waals surface area contributed by atoms with Crippen molar-refractivity contribution in [1.29, 1.82) is 0 Å². The van der Waals surface area contributed by atoms with Crippen LogP contribution in [-0.2, 0) is 9.53 Å². The molecule has 24 heavy (non-hydrogen) atoms. The van der Waals surface area contributed by atoms with Gasteiger partial charge in [0.25, 0.3) is 0 Å². The third-order valence-corrected chi connectivity index (χ3v) is 6.98. The summed E-state index contributed by atoms with van der Waals surface area (Å²) in [6.45, 7) is 2.66. The number of carbonyl (C=O) groups is 1. The summed E-state index contributed by atoms with van der Waals surface area (Å²) >= 11 is 0. The molecule has 0 aromatic heterocycles. The average Bonchev–Trinajstić information content (AvgIpc) is 2.91. The van der Waals surface area contributed by atoms with E-state index in [0.717, 1.165) is 0 Å². The second-order valence-corrected chi connectivity index (χ2v) is 8.08. The zero-order valence-electron chi connectivity index (χ0n) is 13.7. The Hall–Kier alpha value is -0.830. The lowest BCUT2D eigenvalue weighted by Gasteiger charge is -2.56. The fourth-order valence-electron chi connectivity index (χ4n) is 5.75. The number of Topliss-reactive ketones (excluding diaryl/α,β-unsaturated/α-hetero) is 1. The summed E-state index contributed by atoms with van der Waals surface area (Å²) in [6, 6.07) is 0. The molecule has 9 atom stereocenters. The molecule has 1 saturated carbocycles. The maximum absolute atomic E-state index is 12.1. The third kappa shape index (κ3) is 1.52. The van der Waals surface area contributed by atoms with E-state index in [1.54, 1.807) is 19.9 Å². The summed E-state index contributed by atoms with van der Waals surface area (Å²) in [6.07, 6.45) is -2.01. The molecule has 0 amide bonds. The van der Waals surface area contributed by atoms with Crippen LogP contribution in [0.25, 0.3) is 0 Å². The summed E-state index contributed by atoms with van der Waals surface area (Å²) in [5.74, 6) is -1.98. The molecule has 0 aromatic rings. The molecule has 9 unspecified atom stereocenters. The first-order valence-corrected chi connectivity index (χ1v) is 8.43. The van der Waals surface area contributed by atoms with Crippen LogP contribution in [-0.4, -0.2) is 73.0 Å². The Kier molecular flexibility index (Phi) is 3.23. The molecule has 2 heterocycles. The van der Waals surface area contributed by atoms with Gasteiger partial charge >= 0.3 is 0 Å². The lowest BCUT2D eigenvalue weighted by Crippen LogP contribution is -2.69. The van der Waals surface area contributed by atoms with Crippen LogP contribution < -0.4 is 0 Å². The standard InChI is InChI=1S/C17H24O7/c1-7-3-11-16(23)8(2)4-9(19)5-10(16)13-15(22,6-18)14(21)17(11,24-13)12(7)20/h3,8,10-14,18,20-23H,4-6H2,1-2H3. The van der Waals surface area contributed by atoms with Crippen molar-refractivity contribution in [2.24, 2.45) is 17.8 Å². The van der Waals surface area contributed by atoms with Gasteiger partial charge in [0.15, 0.2) is 0 Å². The second-order valence-electron chi connectivity index (χ2n) is 8.08. The van der Waals surface area contributed by atoms with Crippen molar-refractivity contribution >= 4 is 5.78 Å². The van der Waals surface area contributed by atoms with Gasteiger partial charge < -0.3 is 30.3 Å². The molecule has 5 N–H and O–H groups in total. The highest BCUT2D eigenvalue weighted by Gasteiger charge is 2.80. The summed E-state index contributed by atoms with van der Waals surface area (Å²) < 4.78 is 5.97. The molecule has 2 saturated heterocycles. The van der Waals surface area contributed by atoms with E-state index in [-0.39, 0.29) is 18.6 Å². The molecular weight excluding hydrogens is 316 g/mol. The van der Waals surface area contributed by atoms with Gasteiger partial charge in [0, 0.05) is 24.7 Å². The Labute approximate surface area is 139 Å². The minimum atomic E-state index is -2.04. The van der Waals surface area contributed by atoms with Crippen molar-refractivity contribution in [2.75, 3.05) is 6.61 Å². The normalized spacial score (nSPS) is 59.1. The highest BCUT2D eigenvalue weighted by molar-refractivity contribution is 5.80. The fourth-order valence-corrected chi connectivity index (χ4v) is 5.75. The Morgan fingerprint density at radius 1 is 1.29 bits per heavy atom. The van der Waals surface area contributed by atoms with Crippen molar-refractivity contribution in [3.05, 3.63) is 11.6 Å². The van der Waals surface area contributed by atoms with E-state index in [9.17, 15) is 30.3 Å². The molecule has 7 nitrogen and oxygen atoms in total. The number of aliphatic hydroxyl groups excluding tert-OH is 3. The number of rotatable bonds is 1. The fraction of sp³-hybridized carbons (Fsp3) is 0.824.